The summed E-state index contributed by atoms with van der Waals surface area (Å²) in [5.74, 6) is 1.11. The standard InChI is InChI=1S/C10H12F3N5S/c1-19-4-2-3-14-8-5-7(10(11,12)13)17-9-15-6-16-18(8)9/h5-6,14H,2-4H2,1H3. The summed E-state index contributed by atoms with van der Waals surface area (Å²) in [4.78, 5) is 7.13. The van der Waals surface area contributed by atoms with Crippen LogP contribution in [0.2, 0.25) is 0 Å². The highest BCUT2D eigenvalue weighted by Gasteiger charge is 2.33. The van der Waals surface area contributed by atoms with E-state index in [2.05, 4.69) is 20.4 Å². The lowest BCUT2D eigenvalue weighted by Gasteiger charge is -2.11. The van der Waals surface area contributed by atoms with Crippen LogP contribution in [0.15, 0.2) is 12.4 Å². The summed E-state index contributed by atoms with van der Waals surface area (Å²) in [5.41, 5.74) is -0.972. The molecule has 0 aliphatic rings. The minimum absolute atomic E-state index is 0.0674. The first-order valence-corrected chi connectivity index (χ1v) is 6.92. The Morgan fingerprint density at radius 1 is 1.42 bits per heavy atom. The molecular formula is C10H12F3N5S. The van der Waals surface area contributed by atoms with Gasteiger partial charge in [-0.15, -0.1) is 0 Å². The molecule has 2 rings (SSSR count). The molecule has 0 saturated heterocycles. The highest BCUT2D eigenvalue weighted by atomic mass is 32.2. The maximum Gasteiger partial charge on any atom is 0.433 e. The predicted molar refractivity (Wildman–Crippen MR) is 67.3 cm³/mol. The lowest BCUT2D eigenvalue weighted by molar-refractivity contribution is -0.141. The number of halogens is 3. The minimum atomic E-state index is -4.50. The van der Waals surface area contributed by atoms with E-state index in [1.54, 1.807) is 11.8 Å². The molecule has 19 heavy (non-hydrogen) atoms. The first-order chi connectivity index (χ1) is 9.02. The largest absolute Gasteiger partial charge is 0.433 e. The Balaban J connectivity index is 2.27. The molecule has 5 nitrogen and oxygen atoms in total. The highest BCUT2D eigenvalue weighted by Crippen LogP contribution is 2.29. The number of hydrogen-bond donors (Lipinski definition) is 1. The van der Waals surface area contributed by atoms with Gasteiger partial charge in [0.2, 0.25) is 0 Å². The van der Waals surface area contributed by atoms with Crippen LogP contribution in [0.4, 0.5) is 19.0 Å². The normalized spacial score (nSPS) is 12.0. The van der Waals surface area contributed by atoms with E-state index in [1.165, 1.54) is 10.8 Å². The van der Waals surface area contributed by atoms with Crippen molar-refractivity contribution in [3.8, 4) is 0 Å². The Morgan fingerprint density at radius 2 is 2.21 bits per heavy atom. The summed E-state index contributed by atoms with van der Waals surface area (Å²) in [6.45, 7) is 0.567. The number of alkyl halides is 3. The molecule has 0 fully saturated rings. The fourth-order valence-electron chi connectivity index (χ4n) is 1.52. The second kappa shape index (κ2) is 5.64. The number of hydrogen-bond acceptors (Lipinski definition) is 5. The van der Waals surface area contributed by atoms with E-state index in [0.29, 0.717) is 6.54 Å². The molecule has 0 unspecified atom stereocenters. The molecule has 0 bridgehead atoms. The Morgan fingerprint density at radius 3 is 2.89 bits per heavy atom. The molecule has 0 amide bonds. The third kappa shape index (κ3) is 3.28. The van der Waals surface area contributed by atoms with Crippen LogP contribution in [-0.4, -0.2) is 38.1 Å². The highest BCUT2D eigenvalue weighted by molar-refractivity contribution is 7.98. The molecule has 2 aromatic rings. The summed E-state index contributed by atoms with van der Waals surface area (Å²) in [7, 11) is 0. The first-order valence-electron chi connectivity index (χ1n) is 5.53. The lowest BCUT2D eigenvalue weighted by atomic mass is 10.3. The Hall–Kier alpha value is -1.51. The molecule has 104 valence electrons. The molecule has 2 heterocycles. The van der Waals surface area contributed by atoms with Crippen molar-refractivity contribution in [3.63, 3.8) is 0 Å². The molecule has 0 radical (unpaired) electrons. The second-order valence-corrected chi connectivity index (χ2v) is 4.75. The predicted octanol–water partition coefficient (Wildman–Crippen LogP) is 2.31. The molecule has 2 aromatic heterocycles. The maximum absolute atomic E-state index is 12.7. The van der Waals surface area contributed by atoms with Crippen molar-refractivity contribution in [1.29, 1.82) is 0 Å². The van der Waals surface area contributed by atoms with Gasteiger partial charge in [-0.3, -0.25) is 0 Å². The second-order valence-electron chi connectivity index (χ2n) is 3.77. The number of nitrogens with one attached hydrogen (secondary N) is 1. The Bertz CT molecular complexity index is 554. The van der Waals surface area contributed by atoms with Crippen LogP contribution in [-0.2, 0) is 6.18 Å². The van der Waals surface area contributed by atoms with Crippen molar-refractivity contribution in [2.75, 3.05) is 23.9 Å². The van der Waals surface area contributed by atoms with Gasteiger partial charge in [0.05, 0.1) is 0 Å². The van der Waals surface area contributed by atoms with Gasteiger partial charge >= 0.3 is 6.18 Å². The third-order valence-electron chi connectivity index (χ3n) is 2.37. The number of thioether (sulfide) groups is 1. The summed E-state index contributed by atoms with van der Waals surface area (Å²) in [5, 5.41) is 6.78. The zero-order valence-electron chi connectivity index (χ0n) is 10.1. The van der Waals surface area contributed by atoms with Gasteiger partial charge in [-0.2, -0.15) is 39.5 Å². The zero-order chi connectivity index (χ0) is 13.9. The third-order valence-corrected chi connectivity index (χ3v) is 3.07. The number of anilines is 1. The molecule has 0 spiro atoms. The van der Waals surface area contributed by atoms with Crippen molar-refractivity contribution in [2.45, 2.75) is 12.6 Å². The average Bonchev–Trinajstić information content (AvgIpc) is 2.81. The Kier molecular flexibility index (Phi) is 4.13. The fraction of sp³-hybridized carbons (Fsp3) is 0.500. The molecule has 9 heteroatoms. The molecule has 0 saturated carbocycles. The smallest absolute Gasteiger partial charge is 0.370 e. The molecule has 0 aliphatic carbocycles. The maximum atomic E-state index is 12.7. The summed E-state index contributed by atoms with van der Waals surface area (Å²) >= 11 is 1.68. The van der Waals surface area contributed by atoms with E-state index in [0.717, 1.165) is 18.2 Å². The van der Waals surface area contributed by atoms with Crippen molar-refractivity contribution in [2.24, 2.45) is 0 Å². The molecule has 0 aromatic carbocycles. The minimum Gasteiger partial charge on any atom is -0.370 e. The molecular weight excluding hydrogens is 279 g/mol. The summed E-state index contributed by atoms with van der Waals surface area (Å²) in [6.07, 6.45) is -0.496. The van der Waals surface area contributed by atoms with Crippen LogP contribution in [0.3, 0.4) is 0 Å². The van der Waals surface area contributed by atoms with Gasteiger partial charge in [0.1, 0.15) is 12.1 Å². The molecule has 0 aliphatic heterocycles. The van der Waals surface area contributed by atoms with Crippen molar-refractivity contribution in [1.82, 2.24) is 19.6 Å². The van der Waals surface area contributed by atoms with Gasteiger partial charge in [0.15, 0.2) is 5.69 Å². The van der Waals surface area contributed by atoms with Crippen LogP contribution < -0.4 is 5.32 Å². The number of nitrogens with zero attached hydrogens (tertiary/aromatic N) is 4. The van der Waals surface area contributed by atoms with E-state index in [-0.39, 0.29) is 11.6 Å². The van der Waals surface area contributed by atoms with Gasteiger partial charge < -0.3 is 5.32 Å². The topological polar surface area (TPSA) is 55.1 Å². The number of fused-ring (bicyclic) bond motifs is 1. The quantitative estimate of drug-likeness (QED) is 0.857. The fourth-order valence-corrected chi connectivity index (χ4v) is 1.95. The van der Waals surface area contributed by atoms with Crippen LogP contribution in [0.1, 0.15) is 12.1 Å². The monoisotopic (exact) mass is 291 g/mol. The van der Waals surface area contributed by atoms with Crippen molar-refractivity contribution < 1.29 is 13.2 Å². The zero-order valence-corrected chi connectivity index (χ0v) is 10.9. The lowest BCUT2D eigenvalue weighted by Crippen LogP contribution is -2.14. The van der Waals surface area contributed by atoms with Crippen molar-refractivity contribution in [3.05, 3.63) is 18.1 Å². The van der Waals surface area contributed by atoms with Gasteiger partial charge in [-0.1, -0.05) is 0 Å². The number of rotatable bonds is 5. The van der Waals surface area contributed by atoms with Gasteiger partial charge in [0, 0.05) is 12.6 Å². The van der Waals surface area contributed by atoms with Crippen LogP contribution in [0, 0.1) is 0 Å². The summed E-state index contributed by atoms with van der Waals surface area (Å²) < 4.78 is 39.3. The molecule has 1 N–H and O–H groups in total. The summed E-state index contributed by atoms with van der Waals surface area (Å²) in [6, 6.07) is 0.945. The van der Waals surface area contributed by atoms with E-state index in [9.17, 15) is 13.2 Å². The van der Waals surface area contributed by atoms with Gasteiger partial charge in [-0.05, 0) is 18.4 Å². The van der Waals surface area contributed by atoms with E-state index < -0.39 is 11.9 Å². The first kappa shape index (κ1) is 13.9. The van der Waals surface area contributed by atoms with Crippen molar-refractivity contribution >= 4 is 23.4 Å². The SMILES string of the molecule is CSCCCNc1cc(C(F)(F)F)nc2ncnn12. The van der Waals surface area contributed by atoms with Gasteiger partial charge in [0.25, 0.3) is 5.78 Å². The van der Waals surface area contributed by atoms with Crippen LogP contribution >= 0.6 is 11.8 Å². The number of aromatic nitrogens is 4. The van der Waals surface area contributed by atoms with Crippen LogP contribution in [0.25, 0.3) is 5.78 Å². The Labute approximate surface area is 111 Å². The van der Waals surface area contributed by atoms with Crippen LogP contribution in [0.5, 0.6) is 0 Å². The van der Waals surface area contributed by atoms with E-state index in [1.807, 2.05) is 6.26 Å². The average molecular weight is 291 g/mol. The van der Waals surface area contributed by atoms with E-state index >= 15 is 0 Å². The van der Waals surface area contributed by atoms with E-state index in [4.69, 9.17) is 0 Å². The van der Waals surface area contributed by atoms with Gasteiger partial charge in [-0.25, -0.2) is 4.98 Å². The molecule has 0 atom stereocenters.